The van der Waals surface area contributed by atoms with E-state index in [0.717, 1.165) is 18.4 Å². The lowest BCUT2D eigenvalue weighted by molar-refractivity contribution is 0.471. The molecule has 1 heterocycles. The van der Waals surface area contributed by atoms with E-state index in [4.69, 9.17) is 5.26 Å². The quantitative estimate of drug-likeness (QED) is 0.731. The van der Waals surface area contributed by atoms with Gasteiger partial charge in [-0.15, -0.1) is 0 Å². The van der Waals surface area contributed by atoms with E-state index < -0.39 is 0 Å². The minimum Gasteiger partial charge on any atom is -0.263 e. The molecule has 0 aliphatic heterocycles. The van der Waals surface area contributed by atoms with Crippen LogP contribution in [0.3, 0.4) is 0 Å². The minimum atomic E-state index is 0.120. The van der Waals surface area contributed by atoms with Crippen LogP contribution in [0.1, 0.15) is 44.7 Å². The number of hydrogen-bond acceptors (Lipinski definition) is 2. The molecule has 14 heavy (non-hydrogen) atoms. The summed E-state index contributed by atoms with van der Waals surface area (Å²) in [4.78, 5) is 4.08. The molecule has 1 rings (SSSR count). The number of aromatic nitrogens is 1. The monoisotopic (exact) mass is 188 g/mol. The molecule has 0 saturated carbocycles. The number of nitrogens with zero attached hydrogens (tertiary/aromatic N) is 2. The van der Waals surface area contributed by atoms with Crippen LogP contribution in [-0.2, 0) is 5.41 Å². The van der Waals surface area contributed by atoms with Crippen molar-refractivity contribution in [2.24, 2.45) is 0 Å². The third kappa shape index (κ3) is 2.32. The van der Waals surface area contributed by atoms with Gasteiger partial charge in [-0.2, -0.15) is 5.26 Å². The first-order valence-electron chi connectivity index (χ1n) is 4.96. The molecule has 0 radical (unpaired) electrons. The summed E-state index contributed by atoms with van der Waals surface area (Å²) in [5.74, 6) is 0. The summed E-state index contributed by atoms with van der Waals surface area (Å²) in [7, 11) is 0. The van der Waals surface area contributed by atoms with Gasteiger partial charge in [-0.25, -0.2) is 0 Å². The van der Waals surface area contributed by atoms with Crippen LogP contribution in [0.4, 0.5) is 0 Å². The molecule has 74 valence electrons. The largest absolute Gasteiger partial charge is 0.263 e. The molecule has 0 unspecified atom stereocenters. The molecule has 0 N–H and O–H groups in total. The molecule has 2 nitrogen and oxygen atoms in total. The molecule has 0 aliphatic rings. The Bertz CT molecular complexity index is 348. The zero-order valence-electron chi connectivity index (χ0n) is 9.04. The fourth-order valence-electron chi connectivity index (χ4n) is 1.64. The first-order valence-corrected chi connectivity index (χ1v) is 4.96. The Morgan fingerprint density at radius 3 is 2.71 bits per heavy atom. The topological polar surface area (TPSA) is 36.7 Å². The van der Waals surface area contributed by atoms with E-state index in [1.165, 1.54) is 0 Å². The first-order chi connectivity index (χ1) is 6.60. The highest BCUT2D eigenvalue weighted by Crippen LogP contribution is 2.27. The molecule has 0 aromatic carbocycles. The van der Waals surface area contributed by atoms with E-state index in [1.807, 2.05) is 12.3 Å². The van der Waals surface area contributed by atoms with Gasteiger partial charge in [0.15, 0.2) is 0 Å². The number of pyridine rings is 1. The first kappa shape index (κ1) is 10.7. The molecule has 0 amide bonds. The fraction of sp³-hybridized carbons (Fsp3) is 0.500. The average molecular weight is 188 g/mol. The van der Waals surface area contributed by atoms with Crippen molar-refractivity contribution in [2.75, 3.05) is 0 Å². The van der Waals surface area contributed by atoms with Crippen LogP contribution in [0, 0.1) is 11.3 Å². The Labute approximate surface area is 85.6 Å². The zero-order valence-corrected chi connectivity index (χ0v) is 9.04. The number of rotatable bonds is 3. The van der Waals surface area contributed by atoms with E-state index in [-0.39, 0.29) is 5.41 Å². The van der Waals surface area contributed by atoms with Crippen LogP contribution >= 0.6 is 0 Å². The molecular weight excluding hydrogens is 172 g/mol. The van der Waals surface area contributed by atoms with Crippen molar-refractivity contribution in [3.63, 3.8) is 0 Å². The second kappa shape index (κ2) is 4.23. The molecule has 0 fully saturated rings. The summed E-state index contributed by atoms with van der Waals surface area (Å²) >= 11 is 0. The van der Waals surface area contributed by atoms with Crippen molar-refractivity contribution in [3.8, 4) is 6.07 Å². The minimum absolute atomic E-state index is 0.120. The second-order valence-electron chi connectivity index (χ2n) is 4.21. The van der Waals surface area contributed by atoms with Crippen LogP contribution in [0.2, 0.25) is 0 Å². The van der Waals surface area contributed by atoms with Gasteiger partial charge < -0.3 is 0 Å². The van der Waals surface area contributed by atoms with Crippen molar-refractivity contribution < 1.29 is 0 Å². The maximum atomic E-state index is 8.77. The maximum absolute atomic E-state index is 8.77. The van der Waals surface area contributed by atoms with Crippen LogP contribution in [0.5, 0.6) is 0 Å². The summed E-state index contributed by atoms with van der Waals surface area (Å²) < 4.78 is 0. The Balaban J connectivity index is 3.01. The summed E-state index contributed by atoms with van der Waals surface area (Å²) in [5, 5.41) is 8.77. The second-order valence-corrected chi connectivity index (χ2v) is 4.21. The Kier molecular flexibility index (Phi) is 3.24. The van der Waals surface area contributed by atoms with Gasteiger partial charge in [0.25, 0.3) is 0 Å². The van der Waals surface area contributed by atoms with Gasteiger partial charge in [0.05, 0.1) is 5.56 Å². The average Bonchev–Trinajstić information content (AvgIpc) is 2.18. The van der Waals surface area contributed by atoms with Gasteiger partial charge in [-0.1, -0.05) is 27.2 Å². The molecule has 0 atom stereocenters. The molecule has 0 bridgehead atoms. The smallest absolute Gasteiger partial charge is 0.101 e. The van der Waals surface area contributed by atoms with E-state index >= 15 is 0 Å². The van der Waals surface area contributed by atoms with Gasteiger partial charge in [0.1, 0.15) is 6.07 Å². The summed E-state index contributed by atoms with van der Waals surface area (Å²) in [5.41, 5.74) is 1.92. The maximum Gasteiger partial charge on any atom is 0.101 e. The highest BCUT2D eigenvalue weighted by atomic mass is 14.6. The van der Waals surface area contributed by atoms with Crippen molar-refractivity contribution in [2.45, 2.75) is 39.0 Å². The van der Waals surface area contributed by atoms with Crippen LogP contribution < -0.4 is 0 Å². The van der Waals surface area contributed by atoms with Crippen molar-refractivity contribution >= 4 is 0 Å². The van der Waals surface area contributed by atoms with Gasteiger partial charge in [0, 0.05) is 12.4 Å². The van der Waals surface area contributed by atoms with E-state index in [0.29, 0.717) is 5.56 Å². The standard InChI is InChI=1S/C12H16N2/c1-4-5-12(2,3)11-6-10(7-13)8-14-9-11/h6,8-9H,4-5H2,1-3H3. The van der Waals surface area contributed by atoms with Gasteiger partial charge in [-0.05, 0) is 23.5 Å². The summed E-state index contributed by atoms with van der Waals surface area (Å²) in [6.07, 6.45) is 5.72. The van der Waals surface area contributed by atoms with Crippen molar-refractivity contribution in [1.82, 2.24) is 4.98 Å². The van der Waals surface area contributed by atoms with Crippen LogP contribution in [0.25, 0.3) is 0 Å². The lowest BCUT2D eigenvalue weighted by atomic mass is 9.81. The van der Waals surface area contributed by atoms with Crippen LogP contribution in [-0.4, -0.2) is 4.98 Å². The van der Waals surface area contributed by atoms with Crippen molar-refractivity contribution in [1.29, 1.82) is 5.26 Å². The lowest BCUT2D eigenvalue weighted by Crippen LogP contribution is -2.17. The van der Waals surface area contributed by atoms with E-state index in [9.17, 15) is 0 Å². The fourth-order valence-corrected chi connectivity index (χ4v) is 1.64. The third-order valence-corrected chi connectivity index (χ3v) is 2.52. The predicted octanol–water partition coefficient (Wildman–Crippen LogP) is 3.03. The molecule has 0 saturated heterocycles. The Morgan fingerprint density at radius 1 is 1.43 bits per heavy atom. The molecule has 1 aromatic rings. The number of nitriles is 1. The third-order valence-electron chi connectivity index (χ3n) is 2.52. The highest BCUT2D eigenvalue weighted by Gasteiger charge is 2.19. The zero-order chi connectivity index (χ0) is 10.6. The molecule has 0 aliphatic carbocycles. The van der Waals surface area contributed by atoms with E-state index in [1.54, 1.807) is 6.20 Å². The highest BCUT2D eigenvalue weighted by molar-refractivity contribution is 5.32. The summed E-state index contributed by atoms with van der Waals surface area (Å²) in [6.45, 7) is 6.55. The normalized spacial score (nSPS) is 11.0. The summed E-state index contributed by atoms with van der Waals surface area (Å²) in [6, 6.07) is 4.05. The molecule has 1 aromatic heterocycles. The van der Waals surface area contributed by atoms with Crippen LogP contribution in [0.15, 0.2) is 18.5 Å². The van der Waals surface area contributed by atoms with Gasteiger partial charge in [0.2, 0.25) is 0 Å². The van der Waals surface area contributed by atoms with Crippen molar-refractivity contribution in [3.05, 3.63) is 29.6 Å². The molecule has 0 spiro atoms. The SMILES string of the molecule is CCCC(C)(C)c1cncc(C#N)c1. The van der Waals surface area contributed by atoms with E-state index in [2.05, 4.69) is 31.8 Å². The Morgan fingerprint density at radius 2 is 2.14 bits per heavy atom. The van der Waals surface area contributed by atoms with Gasteiger partial charge in [-0.3, -0.25) is 4.98 Å². The Hall–Kier alpha value is -1.36. The van der Waals surface area contributed by atoms with Gasteiger partial charge >= 0.3 is 0 Å². The number of hydrogen-bond donors (Lipinski definition) is 0. The molecular formula is C12H16N2. The predicted molar refractivity (Wildman–Crippen MR) is 56.9 cm³/mol. The lowest BCUT2D eigenvalue weighted by Gasteiger charge is -2.24. The molecule has 2 heteroatoms.